The maximum absolute atomic E-state index is 13.1. The average Bonchev–Trinajstić information content (AvgIpc) is 2.94. The topological polar surface area (TPSA) is 84.7 Å². The molecule has 6 nitrogen and oxygen atoms in total. The monoisotopic (exact) mass is 511 g/mol. The Morgan fingerprint density at radius 1 is 0.947 bits per heavy atom. The third-order valence-corrected chi connectivity index (χ3v) is 6.12. The first-order valence-electron chi connectivity index (χ1n) is 12.4. The van der Waals surface area contributed by atoms with Gasteiger partial charge in [0.25, 0.3) is 0 Å². The Kier molecular flexibility index (Phi) is 8.72. The lowest BCUT2D eigenvalue weighted by atomic mass is 9.93. The van der Waals surface area contributed by atoms with Gasteiger partial charge in [-0.05, 0) is 59.7 Å². The molecule has 1 saturated heterocycles. The van der Waals surface area contributed by atoms with Gasteiger partial charge in [0.05, 0.1) is 23.8 Å². The average molecular weight is 512 g/mol. The van der Waals surface area contributed by atoms with Gasteiger partial charge in [-0.15, -0.1) is 0 Å². The summed E-state index contributed by atoms with van der Waals surface area (Å²) in [7, 11) is 0. The predicted octanol–water partition coefficient (Wildman–Crippen LogP) is 6.50. The molecule has 1 heterocycles. The van der Waals surface area contributed by atoms with Crippen molar-refractivity contribution in [2.75, 3.05) is 16.0 Å². The summed E-state index contributed by atoms with van der Waals surface area (Å²) in [6, 6.07) is 31.0. The Labute approximate surface area is 221 Å². The number of carbonyl (C=O) groups is 2. The number of nitrogens with zero attached hydrogens (tertiary/aromatic N) is 1. The molecule has 1 unspecified atom stereocenters. The SMILES string of the molecule is CCC(=O)Nc1ccccc1N.O=C1CC(c2ccc(OCc3ccccc3)cc2)N1c1ccc(F)cc1. The molecule has 0 radical (unpaired) electrons. The summed E-state index contributed by atoms with van der Waals surface area (Å²) in [6.45, 7) is 2.32. The van der Waals surface area contributed by atoms with E-state index in [1.165, 1.54) is 12.1 Å². The minimum Gasteiger partial charge on any atom is -0.489 e. The molecule has 0 spiro atoms. The summed E-state index contributed by atoms with van der Waals surface area (Å²) in [5, 5.41) is 2.70. The van der Waals surface area contributed by atoms with Crippen molar-refractivity contribution >= 4 is 28.9 Å². The van der Waals surface area contributed by atoms with Crippen molar-refractivity contribution in [3.63, 3.8) is 0 Å². The summed E-state index contributed by atoms with van der Waals surface area (Å²) >= 11 is 0. The lowest BCUT2D eigenvalue weighted by Gasteiger charge is -2.40. The molecular formula is C31H30FN3O3. The van der Waals surface area contributed by atoms with Gasteiger partial charge in [0.1, 0.15) is 18.2 Å². The van der Waals surface area contributed by atoms with Crippen LogP contribution in [0.25, 0.3) is 0 Å². The van der Waals surface area contributed by atoms with Gasteiger partial charge in [-0.3, -0.25) is 9.59 Å². The molecule has 1 atom stereocenters. The van der Waals surface area contributed by atoms with Crippen molar-refractivity contribution in [1.82, 2.24) is 0 Å². The van der Waals surface area contributed by atoms with E-state index in [0.717, 1.165) is 22.6 Å². The van der Waals surface area contributed by atoms with Gasteiger partial charge in [0.15, 0.2) is 0 Å². The van der Waals surface area contributed by atoms with Gasteiger partial charge < -0.3 is 20.7 Å². The standard InChI is InChI=1S/C22H18FNO2.C9H12N2O/c23-18-8-10-19(11-9-18)24-21(14-22(24)25)17-6-12-20(13-7-17)26-15-16-4-2-1-3-5-16;1-2-9(12)11-8-6-4-3-5-7(8)10/h1-13,21H,14-15H2;3-6H,2,10H2,1H3,(H,11,12). The maximum atomic E-state index is 13.1. The zero-order chi connectivity index (χ0) is 26.9. The molecule has 0 saturated carbocycles. The molecule has 0 aromatic heterocycles. The van der Waals surface area contributed by atoms with Crippen molar-refractivity contribution < 1.29 is 18.7 Å². The zero-order valence-corrected chi connectivity index (χ0v) is 21.1. The Balaban J connectivity index is 0.000000236. The van der Waals surface area contributed by atoms with E-state index in [4.69, 9.17) is 10.5 Å². The fourth-order valence-corrected chi connectivity index (χ4v) is 3.99. The maximum Gasteiger partial charge on any atom is 0.230 e. The van der Waals surface area contributed by atoms with Gasteiger partial charge in [-0.2, -0.15) is 0 Å². The first kappa shape index (κ1) is 26.4. The van der Waals surface area contributed by atoms with Crippen LogP contribution in [0, 0.1) is 5.82 Å². The molecular weight excluding hydrogens is 481 g/mol. The number of nitrogen functional groups attached to an aromatic ring is 1. The van der Waals surface area contributed by atoms with Gasteiger partial charge in [-0.25, -0.2) is 4.39 Å². The van der Waals surface area contributed by atoms with Gasteiger partial charge in [0, 0.05) is 12.1 Å². The number of hydrogen-bond donors (Lipinski definition) is 2. The number of rotatable bonds is 7. The van der Waals surface area contributed by atoms with Gasteiger partial charge in [-0.1, -0.05) is 61.5 Å². The molecule has 4 aromatic rings. The first-order chi connectivity index (χ1) is 18.4. The number of nitrogens with one attached hydrogen (secondary N) is 1. The van der Waals surface area contributed by atoms with Crippen LogP contribution in [0.1, 0.15) is 36.9 Å². The fraction of sp³-hybridized carbons (Fsp3) is 0.161. The number of amides is 2. The van der Waals surface area contributed by atoms with Crippen LogP contribution in [0.4, 0.5) is 21.5 Å². The smallest absolute Gasteiger partial charge is 0.230 e. The minimum atomic E-state index is -0.307. The van der Waals surface area contributed by atoms with E-state index < -0.39 is 0 Å². The predicted molar refractivity (Wildman–Crippen MR) is 148 cm³/mol. The van der Waals surface area contributed by atoms with Crippen molar-refractivity contribution in [3.05, 3.63) is 120 Å². The lowest BCUT2D eigenvalue weighted by Crippen LogP contribution is -2.46. The van der Waals surface area contributed by atoms with Gasteiger partial charge in [0.2, 0.25) is 11.8 Å². The Bertz CT molecular complexity index is 1360. The number of ether oxygens (including phenoxy) is 1. The second kappa shape index (κ2) is 12.5. The molecule has 7 heteroatoms. The fourth-order valence-electron chi connectivity index (χ4n) is 3.99. The Morgan fingerprint density at radius 2 is 1.61 bits per heavy atom. The van der Waals surface area contributed by atoms with E-state index in [2.05, 4.69) is 5.32 Å². The van der Waals surface area contributed by atoms with Gasteiger partial charge >= 0.3 is 0 Å². The molecule has 1 aliphatic heterocycles. The summed E-state index contributed by atoms with van der Waals surface area (Å²) < 4.78 is 18.9. The summed E-state index contributed by atoms with van der Waals surface area (Å²) in [5.41, 5.74) is 9.77. The van der Waals surface area contributed by atoms with E-state index >= 15 is 0 Å². The Morgan fingerprint density at radius 3 is 2.24 bits per heavy atom. The van der Waals surface area contributed by atoms with Crippen molar-refractivity contribution in [2.45, 2.75) is 32.4 Å². The van der Waals surface area contributed by atoms with Crippen molar-refractivity contribution in [2.24, 2.45) is 0 Å². The van der Waals surface area contributed by atoms with Crippen LogP contribution in [0.5, 0.6) is 5.75 Å². The van der Waals surface area contributed by atoms with E-state index in [0.29, 0.717) is 30.8 Å². The summed E-state index contributed by atoms with van der Waals surface area (Å²) in [4.78, 5) is 24.7. The van der Waals surface area contributed by atoms with E-state index in [9.17, 15) is 14.0 Å². The summed E-state index contributed by atoms with van der Waals surface area (Å²) in [5.74, 6) is 0.508. The number of carbonyl (C=O) groups excluding carboxylic acids is 2. The highest BCUT2D eigenvalue weighted by Gasteiger charge is 2.38. The van der Waals surface area contributed by atoms with E-state index in [-0.39, 0.29) is 23.7 Å². The van der Waals surface area contributed by atoms with Crippen LogP contribution in [-0.4, -0.2) is 11.8 Å². The highest BCUT2D eigenvalue weighted by Crippen LogP contribution is 2.39. The number of hydrogen-bond acceptors (Lipinski definition) is 4. The van der Waals surface area contributed by atoms with Crippen LogP contribution in [0.15, 0.2) is 103 Å². The molecule has 0 bridgehead atoms. The molecule has 1 fully saturated rings. The van der Waals surface area contributed by atoms with Crippen LogP contribution >= 0.6 is 0 Å². The van der Waals surface area contributed by atoms with E-state index in [1.54, 1.807) is 36.1 Å². The first-order valence-corrected chi connectivity index (χ1v) is 12.4. The second-order valence-electron chi connectivity index (χ2n) is 8.79. The van der Waals surface area contributed by atoms with Crippen molar-refractivity contribution in [3.8, 4) is 5.75 Å². The van der Waals surface area contributed by atoms with E-state index in [1.807, 2.05) is 66.7 Å². The third-order valence-electron chi connectivity index (χ3n) is 6.12. The third kappa shape index (κ3) is 6.76. The molecule has 38 heavy (non-hydrogen) atoms. The number of β-lactam (4-membered cyclic amide) rings is 1. The molecule has 1 aliphatic rings. The summed E-state index contributed by atoms with van der Waals surface area (Å²) in [6.07, 6.45) is 0.927. The minimum absolute atomic E-state index is 0.0175. The quantitative estimate of drug-likeness (QED) is 0.219. The molecule has 3 N–H and O–H groups in total. The van der Waals surface area contributed by atoms with Crippen LogP contribution < -0.4 is 20.7 Å². The van der Waals surface area contributed by atoms with Crippen LogP contribution in [-0.2, 0) is 16.2 Å². The number of para-hydroxylation sites is 2. The Hall–Kier alpha value is -4.65. The normalized spacial score (nSPS) is 14.1. The number of nitrogens with two attached hydrogens (primary N) is 1. The number of halogens is 1. The highest BCUT2D eigenvalue weighted by molar-refractivity contribution is 6.01. The zero-order valence-electron chi connectivity index (χ0n) is 21.1. The molecule has 4 aromatic carbocycles. The largest absolute Gasteiger partial charge is 0.489 e. The van der Waals surface area contributed by atoms with Crippen molar-refractivity contribution in [1.29, 1.82) is 0 Å². The second-order valence-corrected chi connectivity index (χ2v) is 8.79. The number of anilines is 3. The molecule has 0 aliphatic carbocycles. The van der Waals surface area contributed by atoms with Crippen LogP contribution in [0.2, 0.25) is 0 Å². The van der Waals surface area contributed by atoms with Crippen LogP contribution in [0.3, 0.4) is 0 Å². The number of benzene rings is 4. The lowest BCUT2D eigenvalue weighted by molar-refractivity contribution is -0.124. The molecule has 5 rings (SSSR count). The highest BCUT2D eigenvalue weighted by atomic mass is 19.1. The molecule has 2 amide bonds. The molecule has 194 valence electrons.